The van der Waals surface area contributed by atoms with Gasteiger partial charge in [-0.05, 0) is 29.0 Å². The number of benzene rings is 2. The van der Waals surface area contributed by atoms with Gasteiger partial charge < -0.3 is 4.74 Å². The molecule has 2 aromatic rings. The molecule has 0 aliphatic heterocycles. The molecule has 0 N–H and O–H groups in total. The van der Waals surface area contributed by atoms with Crippen LogP contribution in [0.2, 0.25) is 0 Å². The van der Waals surface area contributed by atoms with Gasteiger partial charge in [-0.1, -0.05) is 54.6 Å². The first-order valence-electron chi connectivity index (χ1n) is 6.53. The second kappa shape index (κ2) is 4.88. The summed E-state index contributed by atoms with van der Waals surface area (Å²) in [5, 5.41) is 0. The van der Waals surface area contributed by atoms with E-state index in [2.05, 4.69) is 36.4 Å². The fourth-order valence-corrected chi connectivity index (χ4v) is 2.53. The molecule has 0 spiro atoms. The molecule has 0 saturated heterocycles. The molecule has 0 aromatic heterocycles. The molecule has 96 valence electrons. The quantitative estimate of drug-likeness (QED) is 0.780. The Morgan fingerprint density at radius 1 is 1.00 bits per heavy atom. The first kappa shape index (κ1) is 12.0. The molecule has 2 aromatic carbocycles. The van der Waals surface area contributed by atoms with E-state index in [9.17, 15) is 4.79 Å². The van der Waals surface area contributed by atoms with Crippen molar-refractivity contribution in [1.29, 1.82) is 0 Å². The van der Waals surface area contributed by atoms with Gasteiger partial charge in [0, 0.05) is 0 Å². The second-order valence-corrected chi connectivity index (χ2v) is 4.96. The molecular formula is C17H16O2. The molecule has 19 heavy (non-hydrogen) atoms. The van der Waals surface area contributed by atoms with Crippen molar-refractivity contribution >= 4 is 5.97 Å². The molecule has 2 atom stereocenters. The van der Waals surface area contributed by atoms with E-state index in [0.717, 1.165) is 6.42 Å². The number of carbonyl (C=O) groups is 1. The van der Waals surface area contributed by atoms with E-state index in [1.807, 2.05) is 18.2 Å². The molecule has 1 saturated carbocycles. The topological polar surface area (TPSA) is 26.3 Å². The number of carbonyl (C=O) groups excluding carboxylic acids is 1. The van der Waals surface area contributed by atoms with E-state index >= 15 is 0 Å². The lowest BCUT2D eigenvalue weighted by Gasteiger charge is -2.04. The van der Waals surface area contributed by atoms with Gasteiger partial charge in [0.1, 0.15) is 0 Å². The highest BCUT2D eigenvalue weighted by Gasteiger charge is 2.44. The summed E-state index contributed by atoms with van der Waals surface area (Å²) in [4.78, 5) is 11.4. The molecule has 1 aliphatic rings. The lowest BCUT2D eigenvalue weighted by Crippen LogP contribution is -2.03. The van der Waals surface area contributed by atoms with Crippen molar-refractivity contribution in [3.05, 3.63) is 60.2 Å². The molecule has 2 nitrogen and oxygen atoms in total. The van der Waals surface area contributed by atoms with Crippen molar-refractivity contribution in [1.82, 2.24) is 0 Å². The summed E-state index contributed by atoms with van der Waals surface area (Å²) in [5.41, 5.74) is 3.66. The fourth-order valence-electron chi connectivity index (χ4n) is 2.53. The zero-order valence-corrected chi connectivity index (χ0v) is 10.9. The number of rotatable bonds is 3. The van der Waals surface area contributed by atoms with Gasteiger partial charge in [-0.15, -0.1) is 0 Å². The Balaban J connectivity index is 1.76. The molecule has 0 radical (unpaired) electrons. The van der Waals surface area contributed by atoms with E-state index in [1.54, 1.807) is 0 Å². The summed E-state index contributed by atoms with van der Waals surface area (Å²) in [6.07, 6.45) is 0.914. The second-order valence-electron chi connectivity index (χ2n) is 4.96. The van der Waals surface area contributed by atoms with Crippen LogP contribution in [0.4, 0.5) is 0 Å². The summed E-state index contributed by atoms with van der Waals surface area (Å²) >= 11 is 0. The standard InChI is InChI=1S/C17H16O2/c1-19-17(18)16-11-15(16)14-9-7-13(8-10-14)12-5-3-2-4-6-12/h2-10,15-16H,11H2,1H3. The minimum Gasteiger partial charge on any atom is -0.469 e. The van der Waals surface area contributed by atoms with E-state index in [-0.39, 0.29) is 11.9 Å². The van der Waals surface area contributed by atoms with Gasteiger partial charge in [0.2, 0.25) is 0 Å². The SMILES string of the molecule is COC(=O)C1CC1c1ccc(-c2ccccc2)cc1. The van der Waals surface area contributed by atoms with Crippen LogP contribution >= 0.6 is 0 Å². The van der Waals surface area contributed by atoms with Gasteiger partial charge in [-0.2, -0.15) is 0 Å². The lowest BCUT2D eigenvalue weighted by molar-refractivity contribution is -0.142. The molecule has 1 aliphatic carbocycles. The Bertz CT molecular complexity index is 572. The maximum atomic E-state index is 11.4. The predicted octanol–water partition coefficient (Wildman–Crippen LogP) is 3.63. The Morgan fingerprint density at radius 3 is 2.26 bits per heavy atom. The average Bonchev–Trinajstić information content (AvgIpc) is 3.28. The molecule has 0 heterocycles. The number of ether oxygens (including phenoxy) is 1. The highest BCUT2D eigenvalue weighted by Crippen LogP contribution is 2.48. The molecule has 3 rings (SSSR count). The van der Waals surface area contributed by atoms with Gasteiger partial charge in [-0.3, -0.25) is 4.79 Å². The first-order chi connectivity index (χ1) is 9.29. The average molecular weight is 252 g/mol. The largest absolute Gasteiger partial charge is 0.469 e. The van der Waals surface area contributed by atoms with E-state index in [1.165, 1.54) is 23.8 Å². The van der Waals surface area contributed by atoms with Crippen LogP contribution in [0.3, 0.4) is 0 Å². The van der Waals surface area contributed by atoms with Gasteiger partial charge in [0.05, 0.1) is 13.0 Å². The van der Waals surface area contributed by atoms with E-state index in [0.29, 0.717) is 5.92 Å². The summed E-state index contributed by atoms with van der Waals surface area (Å²) in [6, 6.07) is 18.8. The van der Waals surface area contributed by atoms with Crippen molar-refractivity contribution in [3.63, 3.8) is 0 Å². The molecule has 0 bridgehead atoms. The molecule has 2 unspecified atom stereocenters. The van der Waals surface area contributed by atoms with Crippen LogP contribution in [0.25, 0.3) is 11.1 Å². The maximum absolute atomic E-state index is 11.4. The third-order valence-corrected chi connectivity index (χ3v) is 3.74. The van der Waals surface area contributed by atoms with Crippen molar-refractivity contribution in [2.45, 2.75) is 12.3 Å². The van der Waals surface area contributed by atoms with E-state index < -0.39 is 0 Å². The van der Waals surface area contributed by atoms with Crippen LogP contribution in [-0.2, 0) is 9.53 Å². The van der Waals surface area contributed by atoms with Gasteiger partial charge in [-0.25, -0.2) is 0 Å². The van der Waals surface area contributed by atoms with Crippen molar-refractivity contribution < 1.29 is 9.53 Å². The summed E-state index contributed by atoms with van der Waals surface area (Å²) in [5.74, 6) is 0.321. The highest BCUT2D eigenvalue weighted by atomic mass is 16.5. The third-order valence-electron chi connectivity index (χ3n) is 3.74. The van der Waals surface area contributed by atoms with Crippen LogP contribution in [0.15, 0.2) is 54.6 Å². The van der Waals surface area contributed by atoms with Gasteiger partial charge in [0.25, 0.3) is 0 Å². The molecular weight excluding hydrogens is 236 g/mol. The van der Waals surface area contributed by atoms with Crippen molar-refractivity contribution in [2.75, 3.05) is 7.11 Å². The Kier molecular flexibility index (Phi) is 3.08. The van der Waals surface area contributed by atoms with Gasteiger partial charge in [0.15, 0.2) is 0 Å². The Labute approximate surface area is 113 Å². The predicted molar refractivity (Wildman–Crippen MR) is 74.7 cm³/mol. The minimum atomic E-state index is -0.0860. The van der Waals surface area contributed by atoms with Crippen LogP contribution in [0.1, 0.15) is 17.9 Å². The van der Waals surface area contributed by atoms with Gasteiger partial charge >= 0.3 is 5.97 Å². The zero-order chi connectivity index (χ0) is 13.2. The first-order valence-corrected chi connectivity index (χ1v) is 6.53. The minimum absolute atomic E-state index is 0.0626. The monoisotopic (exact) mass is 252 g/mol. The number of hydrogen-bond acceptors (Lipinski definition) is 2. The summed E-state index contributed by atoms with van der Waals surface area (Å²) < 4.78 is 4.78. The molecule has 1 fully saturated rings. The molecule has 2 heteroatoms. The highest BCUT2D eigenvalue weighted by molar-refractivity contribution is 5.77. The number of esters is 1. The number of methoxy groups -OCH3 is 1. The van der Waals surface area contributed by atoms with Crippen LogP contribution in [-0.4, -0.2) is 13.1 Å². The fraction of sp³-hybridized carbons (Fsp3) is 0.235. The Morgan fingerprint density at radius 2 is 1.63 bits per heavy atom. The van der Waals surface area contributed by atoms with Crippen molar-refractivity contribution in [3.8, 4) is 11.1 Å². The zero-order valence-electron chi connectivity index (χ0n) is 10.9. The molecule has 0 amide bonds. The third kappa shape index (κ3) is 2.39. The smallest absolute Gasteiger partial charge is 0.309 e. The van der Waals surface area contributed by atoms with Crippen LogP contribution in [0, 0.1) is 5.92 Å². The van der Waals surface area contributed by atoms with Crippen LogP contribution < -0.4 is 0 Å². The maximum Gasteiger partial charge on any atom is 0.309 e. The lowest BCUT2D eigenvalue weighted by atomic mass is 10.0. The summed E-state index contributed by atoms with van der Waals surface area (Å²) in [6.45, 7) is 0. The van der Waals surface area contributed by atoms with Crippen LogP contribution in [0.5, 0.6) is 0 Å². The summed E-state index contributed by atoms with van der Waals surface area (Å²) in [7, 11) is 1.45. The Hall–Kier alpha value is -2.09. The normalized spacial score (nSPS) is 20.9. The van der Waals surface area contributed by atoms with Crippen molar-refractivity contribution in [2.24, 2.45) is 5.92 Å². The van der Waals surface area contributed by atoms with E-state index in [4.69, 9.17) is 4.74 Å². The number of hydrogen-bond donors (Lipinski definition) is 0.